The maximum atomic E-state index is 13.8. The van der Waals surface area contributed by atoms with Gasteiger partial charge in [0.2, 0.25) is 5.91 Å². The Labute approximate surface area is 148 Å². The van der Waals surface area contributed by atoms with E-state index < -0.39 is 10.8 Å². The molecule has 3 nitrogen and oxygen atoms in total. The van der Waals surface area contributed by atoms with E-state index in [4.69, 9.17) is 0 Å². The van der Waals surface area contributed by atoms with Crippen molar-refractivity contribution in [1.82, 2.24) is 0 Å². The lowest BCUT2D eigenvalue weighted by Crippen LogP contribution is -2.53. The van der Waals surface area contributed by atoms with Gasteiger partial charge in [0.1, 0.15) is 11.6 Å². The van der Waals surface area contributed by atoms with E-state index in [0.717, 1.165) is 36.9 Å². The second kappa shape index (κ2) is 4.93. The van der Waals surface area contributed by atoms with Crippen LogP contribution in [0.1, 0.15) is 58.9 Å². The Kier molecular flexibility index (Phi) is 3.30. The molecule has 0 spiro atoms. The van der Waals surface area contributed by atoms with E-state index in [0.29, 0.717) is 6.42 Å². The predicted octanol–water partition coefficient (Wildman–Crippen LogP) is 4.28. The fourth-order valence-corrected chi connectivity index (χ4v) is 5.59. The third-order valence-corrected chi connectivity index (χ3v) is 7.91. The fraction of sp³-hybridized carbons (Fsp3) is 0.619. The summed E-state index contributed by atoms with van der Waals surface area (Å²) >= 11 is 0. The van der Waals surface area contributed by atoms with Gasteiger partial charge in [-0.2, -0.15) is 0 Å². The van der Waals surface area contributed by atoms with Gasteiger partial charge in [-0.25, -0.2) is 4.39 Å². The summed E-state index contributed by atoms with van der Waals surface area (Å²) in [5.74, 6) is 0.0249. The lowest BCUT2D eigenvalue weighted by Gasteiger charge is -2.45. The number of nitrogens with zero attached hydrogens (tertiary/aromatic N) is 1. The van der Waals surface area contributed by atoms with Crippen LogP contribution in [0.15, 0.2) is 18.2 Å². The van der Waals surface area contributed by atoms with Crippen molar-refractivity contribution < 1.29 is 14.0 Å². The molecule has 1 aliphatic heterocycles. The van der Waals surface area contributed by atoms with Crippen LogP contribution in [0.3, 0.4) is 0 Å². The lowest BCUT2D eigenvalue weighted by molar-refractivity contribution is -0.134. The van der Waals surface area contributed by atoms with Crippen LogP contribution in [0.2, 0.25) is 0 Å². The van der Waals surface area contributed by atoms with Crippen molar-refractivity contribution >= 4 is 17.4 Å². The van der Waals surface area contributed by atoms with Gasteiger partial charge < -0.3 is 4.90 Å². The Balaban J connectivity index is 1.81. The minimum absolute atomic E-state index is 0.0622. The number of aryl methyl sites for hydroxylation is 1. The maximum Gasteiger partial charge on any atom is 0.234 e. The number of anilines is 1. The standard InChI is InChI=1S/C21H26FNO2/c1-13-5-6-14-11-15(22)7-8-16(14)23(13)18(25)21-10-9-20(4,17(24)12-21)19(21,2)3/h7-8,11,13H,5-6,9-10,12H2,1-4H3/t13-,20+,21-/m0/s1. The van der Waals surface area contributed by atoms with Gasteiger partial charge in [-0.1, -0.05) is 20.8 Å². The van der Waals surface area contributed by atoms with Crippen molar-refractivity contribution in [2.45, 2.75) is 65.8 Å². The van der Waals surface area contributed by atoms with E-state index in [1.807, 2.05) is 11.8 Å². The number of carbonyl (C=O) groups excluding carboxylic acids is 2. The van der Waals surface area contributed by atoms with Crippen LogP contribution in [0.4, 0.5) is 10.1 Å². The van der Waals surface area contributed by atoms with Crippen LogP contribution in [-0.4, -0.2) is 17.7 Å². The molecule has 2 fully saturated rings. The van der Waals surface area contributed by atoms with Gasteiger partial charge in [0.15, 0.2) is 0 Å². The van der Waals surface area contributed by atoms with E-state index in [1.165, 1.54) is 6.07 Å². The van der Waals surface area contributed by atoms with Crippen molar-refractivity contribution in [1.29, 1.82) is 0 Å². The molecule has 0 unspecified atom stereocenters. The van der Waals surface area contributed by atoms with Crippen molar-refractivity contribution in [3.63, 3.8) is 0 Å². The number of ketones is 1. The van der Waals surface area contributed by atoms with Gasteiger partial charge in [0.05, 0.1) is 5.41 Å². The highest BCUT2D eigenvalue weighted by molar-refractivity contribution is 6.06. The summed E-state index contributed by atoms with van der Waals surface area (Å²) < 4.78 is 13.6. The summed E-state index contributed by atoms with van der Waals surface area (Å²) in [7, 11) is 0. The topological polar surface area (TPSA) is 37.4 Å². The number of hydrogen-bond acceptors (Lipinski definition) is 2. The number of rotatable bonds is 1. The number of fused-ring (bicyclic) bond motifs is 3. The first-order valence-corrected chi connectivity index (χ1v) is 9.29. The SMILES string of the molecule is C[C@H]1CCc2cc(F)ccc2N1C(=O)[C@]12CC[C@](C)(C(=O)C1)C2(C)C. The predicted molar refractivity (Wildman–Crippen MR) is 94.8 cm³/mol. The summed E-state index contributed by atoms with van der Waals surface area (Å²) in [6, 6.07) is 4.77. The van der Waals surface area contributed by atoms with Crippen LogP contribution in [0, 0.1) is 22.1 Å². The number of carbonyl (C=O) groups is 2. The van der Waals surface area contributed by atoms with Crippen LogP contribution < -0.4 is 4.90 Å². The van der Waals surface area contributed by atoms with E-state index in [-0.39, 0.29) is 29.0 Å². The van der Waals surface area contributed by atoms with Crippen LogP contribution in [0.5, 0.6) is 0 Å². The molecule has 1 aromatic carbocycles. The third kappa shape index (κ3) is 1.86. The fourth-order valence-electron chi connectivity index (χ4n) is 5.59. The molecule has 1 amide bonds. The number of Topliss-reactive ketones (excluding diaryl/α,β-unsaturated/α-hetero) is 1. The second-order valence-corrected chi connectivity index (χ2v) is 8.98. The zero-order chi connectivity index (χ0) is 18.2. The van der Waals surface area contributed by atoms with E-state index >= 15 is 0 Å². The van der Waals surface area contributed by atoms with Gasteiger partial charge >= 0.3 is 0 Å². The molecule has 3 aliphatic rings. The molecule has 4 heteroatoms. The molecular weight excluding hydrogens is 317 g/mol. The third-order valence-electron chi connectivity index (χ3n) is 7.91. The molecule has 0 aromatic heterocycles. The highest BCUT2D eigenvalue weighted by Crippen LogP contribution is 2.71. The van der Waals surface area contributed by atoms with E-state index in [2.05, 4.69) is 20.8 Å². The van der Waals surface area contributed by atoms with Gasteiger partial charge in [-0.05, 0) is 61.8 Å². The molecule has 3 atom stereocenters. The maximum absolute atomic E-state index is 13.8. The van der Waals surface area contributed by atoms with Crippen LogP contribution >= 0.6 is 0 Å². The molecule has 25 heavy (non-hydrogen) atoms. The molecule has 0 N–H and O–H groups in total. The first kappa shape index (κ1) is 16.7. The summed E-state index contributed by atoms with van der Waals surface area (Å²) in [5, 5.41) is 0. The Morgan fingerprint density at radius 3 is 2.56 bits per heavy atom. The zero-order valence-corrected chi connectivity index (χ0v) is 15.5. The Morgan fingerprint density at radius 2 is 1.96 bits per heavy atom. The molecule has 1 aromatic rings. The van der Waals surface area contributed by atoms with Gasteiger partial charge in [0, 0.05) is 23.6 Å². The average Bonchev–Trinajstić information content (AvgIpc) is 2.85. The first-order chi connectivity index (χ1) is 11.6. The molecule has 2 saturated carbocycles. The molecule has 2 aliphatic carbocycles. The minimum atomic E-state index is -0.629. The molecule has 2 bridgehead atoms. The largest absolute Gasteiger partial charge is 0.309 e. The molecule has 0 radical (unpaired) electrons. The summed E-state index contributed by atoms with van der Waals surface area (Å²) in [5.41, 5.74) is 0.323. The quantitative estimate of drug-likeness (QED) is 0.763. The van der Waals surface area contributed by atoms with Crippen molar-refractivity contribution in [2.75, 3.05) is 4.90 Å². The van der Waals surface area contributed by atoms with Gasteiger partial charge in [0.25, 0.3) is 0 Å². The molecule has 134 valence electrons. The van der Waals surface area contributed by atoms with E-state index in [9.17, 15) is 14.0 Å². The summed E-state index contributed by atoms with van der Waals surface area (Å²) in [6.07, 6.45) is 3.49. The monoisotopic (exact) mass is 343 g/mol. The normalized spacial score (nSPS) is 35.8. The highest BCUT2D eigenvalue weighted by Gasteiger charge is 2.73. The Morgan fingerprint density at radius 1 is 1.24 bits per heavy atom. The number of amides is 1. The van der Waals surface area contributed by atoms with Crippen molar-refractivity contribution in [3.8, 4) is 0 Å². The number of benzene rings is 1. The number of hydrogen-bond donors (Lipinski definition) is 0. The van der Waals surface area contributed by atoms with Crippen LogP contribution in [-0.2, 0) is 16.0 Å². The zero-order valence-electron chi connectivity index (χ0n) is 15.5. The smallest absolute Gasteiger partial charge is 0.234 e. The lowest BCUT2D eigenvalue weighted by atomic mass is 9.64. The molecule has 4 rings (SSSR count). The second-order valence-electron chi connectivity index (χ2n) is 8.98. The van der Waals surface area contributed by atoms with Gasteiger partial charge in [-0.3, -0.25) is 9.59 Å². The summed E-state index contributed by atoms with van der Waals surface area (Å²) in [6.45, 7) is 8.26. The van der Waals surface area contributed by atoms with Crippen LogP contribution in [0.25, 0.3) is 0 Å². The molecule has 1 heterocycles. The first-order valence-electron chi connectivity index (χ1n) is 9.29. The highest BCUT2D eigenvalue weighted by atomic mass is 19.1. The molecular formula is C21H26FNO2. The minimum Gasteiger partial charge on any atom is -0.309 e. The molecule has 0 saturated heterocycles. The Bertz CT molecular complexity index is 786. The average molecular weight is 343 g/mol. The van der Waals surface area contributed by atoms with Crippen molar-refractivity contribution in [2.24, 2.45) is 16.2 Å². The number of halogens is 1. The van der Waals surface area contributed by atoms with Crippen molar-refractivity contribution in [3.05, 3.63) is 29.6 Å². The summed E-state index contributed by atoms with van der Waals surface area (Å²) in [4.78, 5) is 28.4. The van der Waals surface area contributed by atoms with Gasteiger partial charge in [-0.15, -0.1) is 0 Å². The Hall–Kier alpha value is -1.71. The van der Waals surface area contributed by atoms with E-state index in [1.54, 1.807) is 12.1 Å².